The second-order valence-corrected chi connectivity index (χ2v) is 13.0. The molecule has 2 aromatic rings. The van der Waals surface area contributed by atoms with Crippen LogP contribution in [0.5, 0.6) is 5.75 Å². The van der Waals surface area contributed by atoms with Gasteiger partial charge in [-0.2, -0.15) is 0 Å². The van der Waals surface area contributed by atoms with Crippen molar-refractivity contribution in [3.63, 3.8) is 0 Å². The standard InChI is InChI=1S/C32H41BrN4O5/c1-32(2,30(39)34-16-18-35(19-17-34)31(40)41)42-28-10-4-9-27(20-28)36-15-5-6-24(22-36)29(38)37(26-7-3-8-26)21-23-11-13-25(33)14-12-23/h4,9-14,20,24,26H,3,5-8,15-19,21-22H2,1-2H3,(H,40,41). The lowest BCUT2D eigenvalue weighted by molar-refractivity contribution is -0.147. The van der Waals surface area contributed by atoms with Gasteiger partial charge in [0.2, 0.25) is 5.91 Å². The minimum absolute atomic E-state index is 0.0677. The summed E-state index contributed by atoms with van der Waals surface area (Å²) in [4.78, 5) is 45.8. The van der Waals surface area contributed by atoms with Crippen LogP contribution in [0.2, 0.25) is 0 Å². The Labute approximate surface area is 256 Å². The van der Waals surface area contributed by atoms with Crippen LogP contribution in [-0.2, 0) is 16.1 Å². The van der Waals surface area contributed by atoms with Gasteiger partial charge in [0.1, 0.15) is 5.75 Å². The third-order valence-corrected chi connectivity index (χ3v) is 9.27. The number of benzene rings is 2. The maximum atomic E-state index is 13.9. The van der Waals surface area contributed by atoms with Gasteiger partial charge < -0.3 is 29.4 Å². The SMILES string of the molecule is CC(C)(Oc1cccc(N2CCCC(C(=O)N(Cc3ccc(Br)cc3)C3CCC3)C2)c1)C(=O)N1CCN(C(=O)O)CC1. The van der Waals surface area contributed by atoms with E-state index in [4.69, 9.17) is 4.74 Å². The first kappa shape index (κ1) is 30.2. The molecule has 226 valence electrons. The minimum atomic E-state index is -1.11. The number of piperidine rings is 1. The predicted molar refractivity (Wildman–Crippen MR) is 165 cm³/mol. The number of nitrogens with zero attached hydrogens (tertiary/aromatic N) is 4. The van der Waals surface area contributed by atoms with Crippen molar-refractivity contribution in [3.05, 3.63) is 58.6 Å². The van der Waals surface area contributed by atoms with Gasteiger partial charge in [-0.15, -0.1) is 0 Å². The van der Waals surface area contributed by atoms with Crippen molar-refractivity contribution in [1.82, 2.24) is 14.7 Å². The molecule has 0 aromatic heterocycles. The molecule has 9 nitrogen and oxygen atoms in total. The zero-order valence-corrected chi connectivity index (χ0v) is 26.1. The van der Waals surface area contributed by atoms with E-state index in [2.05, 4.69) is 37.9 Å². The number of piperazine rings is 1. The first-order valence-electron chi connectivity index (χ1n) is 15.0. The highest BCUT2D eigenvalue weighted by Gasteiger charge is 2.37. The number of amides is 3. The van der Waals surface area contributed by atoms with E-state index in [9.17, 15) is 19.5 Å². The molecule has 0 spiro atoms. The molecule has 2 aromatic carbocycles. The zero-order chi connectivity index (χ0) is 29.9. The van der Waals surface area contributed by atoms with Gasteiger partial charge in [-0.05, 0) is 75.8 Å². The lowest BCUT2D eigenvalue weighted by atomic mass is 9.88. The highest BCUT2D eigenvalue weighted by atomic mass is 79.9. The molecular weight excluding hydrogens is 600 g/mol. The minimum Gasteiger partial charge on any atom is -0.478 e. The Kier molecular flexibility index (Phi) is 9.30. The summed E-state index contributed by atoms with van der Waals surface area (Å²) in [6.07, 6.45) is 4.17. The zero-order valence-electron chi connectivity index (χ0n) is 24.5. The van der Waals surface area contributed by atoms with E-state index in [0.29, 0.717) is 51.1 Å². The predicted octanol–water partition coefficient (Wildman–Crippen LogP) is 5.23. The van der Waals surface area contributed by atoms with E-state index in [-0.39, 0.29) is 17.7 Å². The van der Waals surface area contributed by atoms with Gasteiger partial charge in [0.25, 0.3) is 5.91 Å². The van der Waals surface area contributed by atoms with Crippen LogP contribution >= 0.6 is 15.9 Å². The molecule has 2 aliphatic heterocycles. The fourth-order valence-corrected chi connectivity index (χ4v) is 6.35. The van der Waals surface area contributed by atoms with Crippen molar-refractivity contribution in [2.75, 3.05) is 44.2 Å². The van der Waals surface area contributed by atoms with E-state index in [1.807, 2.05) is 36.4 Å². The summed E-state index contributed by atoms with van der Waals surface area (Å²) in [5.41, 5.74) is 1.02. The molecular formula is C32H41BrN4O5. The highest BCUT2D eigenvalue weighted by molar-refractivity contribution is 9.10. The van der Waals surface area contributed by atoms with Crippen LogP contribution in [0.4, 0.5) is 10.5 Å². The van der Waals surface area contributed by atoms with E-state index >= 15 is 0 Å². The molecule has 5 rings (SSSR count). The maximum Gasteiger partial charge on any atom is 0.407 e. The topological polar surface area (TPSA) is 93.6 Å². The second-order valence-electron chi connectivity index (χ2n) is 12.1. The van der Waals surface area contributed by atoms with E-state index in [0.717, 1.165) is 48.0 Å². The number of ether oxygens (including phenoxy) is 1. The Morgan fingerprint density at radius 1 is 0.952 bits per heavy atom. The van der Waals surface area contributed by atoms with Gasteiger partial charge in [-0.3, -0.25) is 9.59 Å². The van der Waals surface area contributed by atoms with E-state index in [1.54, 1.807) is 18.7 Å². The normalized spacial score (nSPS) is 19.7. The van der Waals surface area contributed by atoms with Crippen molar-refractivity contribution in [1.29, 1.82) is 0 Å². The van der Waals surface area contributed by atoms with Crippen molar-refractivity contribution in [3.8, 4) is 5.75 Å². The number of carbonyl (C=O) groups excluding carboxylic acids is 2. The van der Waals surface area contributed by atoms with Crippen molar-refractivity contribution in [2.24, 2.45) is 5.92 Å². The summed E-state index contributed by atoms with van der Waals surface area (Å²) in [6.45, 7) is 6.95. The second kappa shape index (κ2) is 12.9. The molecule has 1 saturated carbocycles. The van der Waals surface area contributed by atoms with E-state index < -0.39 is 11.7 Å². The quantitative estimate of drug-likeness (QED) is 0.425. The van der Waals surface area contributed by atoms with Crippen LogP contribution in [0.15, 0.2) is 53.0 Å². The summed E-state index contributed by atoms with van der Waals surface area (Å²) >= 11 is 3.50. The molecule has 3 amide bonds. The molecule has 3 fully saturated rings. The Hall–Kier alpha value is -3.27. The molecule has 2 heterocycles. The summed E-state index contributed by atoms with van der Waals surface area (Å²) in [7, 11) is 0. The lowest BCUT2D eigenvalue weighted by Gasteiger charge is -2.42. The van der Waals surface area contributed by atoms with Crippen molar-refractivity contribution < 1.29 is 24.2 Å². The molecule has 3 aliphatic rings. The summed E-state index contributed by atoms with van der Waals surface area (Å²) < 4.78 is 7.27. The lowest BCUT2D eigenvalue weighted by Crippen LogP contribution is -2.56. The van der Waals surface area contributed by atoms with Gasteiger partial charge in [-0.1, -0.05) is 34.1 Å². The maximum absolute atomic E-state index is 13.9. The van der Waals surface area contributed by atoms with Crippen molar-refractivity contribution in [2.45, 2.75) is 64.1 Å². The molecule has 1 N–H and O–H groups in total. The largest absolute Gasteiger partial charge is 0.478 e. The van der Waals surface area contributed by atoms with Crippen LogP contribution < -0.4 is 9.64 Å². The number of rotatable bonds is 8. The first-order chi connectivity index (χ1) is 20.1. The number of halogens is 1. The summed E-state index contributed by atoms with van der Waals surface area (Å²) in [5.74, 6) is 0.606. The number of anilines is 1. The third-order valence-electron chi connectivity index (χ3n) is 8.74. The van der Waals surface area contributed by atoms with Crippen LogP contribution in [-0.4, -0.2) is 88.6 Å². The molecule has 1 atom stereocenters. The Balaban J connectivity index is 1.23. The highest BCUT2D eigenvalue weighted by Crippen LogP contribution is 2.33. The molecule has 2 saturated heterocycles. The molecule has 1 unspecified atom stereocenters. The summed E-state index contributed by atoms with van der Waals surface area (Å²) in [6, 6.07) is 16.3. The number of hydrogen-bond donors (Lipinski definition) is 1. The van der Waals surface area contributed by atoms with Gasteiger partial charge in [-0.25, -0.2) is 4.79 Å². The van der Waals surface area contributed by atoms with Crippen LogP contribution in [0.25, 0.3) is 0 Å². The Morgan fingerprint density at radius 2 is 1.64 bits per heavy atom. The molecule has 42 heavy (non-hydrogen) atoms. The Morgan fingerprint density at radius 3 is 2.29 bits per heavy atom. The monoisotopic (exact) mass is 640 g/mol. The van der Waals surface area contributed by atoms with Crippen LogP contribution in [0.3, 0.4) is 0 Å². The van der Waals surface area contributed by atoms with Gasteiger partial charge in [0, 0.05) is 68.1 Å². The van der Waals surface area contributed by atoms with Crippen molar-refractivity contribution >= 4 is 39.5 Å². The number of carbonyl (C=O) groups is 3. The van der Waals surface area contributed by atoms with Crippen LogP contribution in [0, 0.1) is 5.92 Å². The third kappa shape index (κ3) is 7.02. The average Bonchev–Trinajstić information content (AvgIpc) is 2.96. The average molecular weight is 642 g/mol. The molecule has 1 aliphatic carbocycles. The van der Waals surface area contributed by atoms with Gasteiger partial charge >= 0.3 is 6.09 Å². The fourth-order valence-electron chi connectivity index (χ4n) is 6.08. The number of hydrogen-bond acceptors (Lipinski definition) is 5. The smallest absolute Gasteiger partial charge is 0.407 e. The Bertz CT molecular complexity index is 1270. The van der Waals surface area contributed by atoms with Gasteiger partial charge in [0.05, 0.1) is 5.92 Å². The molecule has 0 bridgehead atoms. The molecule has 10 heteroatoms. The first-order valence-corrected chi connectivity index (χ1v) is 15.8. The molecule has 0 radical (unpaired) electrons. The van der Waals surface area contributed by atoms with E-state index in [1.165, 1.54) is 11.3 Å². The number of carboxylic acid groups (broad SMARTS) is 1. The fraction of sp³-hybridized carbons (Fsp3) is 0.531. The van der Waals surface area contributed by atoms with Gasteiger partial charge in [0.15, 0.2) is 5.60 Å². The van der Waals surface area contributed by atoms with Crippen LogP contribution in [0.1, 0.15) is 51.5 Å². The summed E-state index contributed by atoms with van der Waals surface area (Å²) in [5, 5.41) is 9.20.